The number of anilines is 3. The highest BCUT2D eigenvalue weighted by Crippen LogP contribution is 2.50. The van der Waals surface area contributed by atoms with E-state index in [2.05, 4.69) is 260 Å². The van der Waals surface area contributed by atoms with Gasteiger partial charge < -0.3 is 49.4 Å². The Hall–Kier alpha value is -5.05. The maximum absolute atomic E-state index is 15.0. The SMILES string of the molecule is CCCCC(Cc1cc(C(C)(C)C)c(O)c(C(C)(C)C)c1)(C(=O)OC1CC(C)(C)N(C)C(C)(C)C1)C(=O)OC1CC(C)(C)N(C)C(C)(C)C1.CCCCN(c1nc(NCCO)nc(N(CCCC)C2CC(C)(C)N(OC3CCCCC3)C(C)(C)C2)n1)C1CC(C)(C)N(OC2CCCCC2)C(C)(C)C1.COC(=O)CCC(=O)OCCN1C(C)(C)CC(O)CC1(C)C. The second-order valence-corrected chi connectivity index (χ2v) is 47.0. The molecule has 24 heteroatoms. The topological polar surface area (TPSA) is 258 Å². The maximum atomic E-state index is 15.0. The van der Waals surface area contributed by atoms with Gasteiger partial charge in [0.15, 0.2) is 5.41 Å². The van der Waals surface area contributed by atoms with Gasteiger partial charge in [-0.15, -0.1) is 0 Å². The van der Waals surface area contributed by atoms with E-state index in [0.717, 1.165) is 125 Å². The molecule has 1 aromatic carbocycles. The first-order valence-electron chi connectivity index (χ1n) is 48.7. The normalized spacial score (nSPS) is 23.0. The summed E-state index contributed by atoms with van der Waals surface area (Å²) in [6.45, 7) is 66.9. The van der Waals surface area contributed by atoms with Gasteiger partial charge in [-0.05, 0) is 270 Å². The van der Waals surface area contributed by atoms with Crippen molar-refractivity contribution in [2.75, 3.05) is 75.7 Å². The Morgan fingerprint density at radius 2 is 0.864 bits per heavy atom. The highest BCUT2D eigenvalue weighted by atomic mass is 16.7. The van der Waals surface area contributed by atoms with Gasteiger partial charge >= 0.3 is 23.9 Å². The molecule has 125 heavy (non-hydrogen) atoms. The van der Waals surface area contributed by atoms with Crippen LogP contribution >= 0.6 is 0 Å². The predicted molar refractivity (Wildman–Crippen MR) is 505 cm³/mol. The van der Waals surface area contributed by atoms with Gasteiger partial charge in [0.25, 0.3) is 0 Å². The van der Waals surface area contributed by atoms with Crippen LogP contribution in [0.3, 0.4) is 0 Å². The Morgan fingerprint density at radius 1 is 0.496 bits per heavy atom. The number of esters is 4. The number of carbonyl (C=O) groups excluding carboxylic acids is 4. The van der Waals surface area contributed by atoms with E-state index in [1.807, 2.05) is 12.1 Å². The molecule has 0 bridgehead atoms. The van der Waals surface area contributed by atoms with E-state index in [0.29, 0.717) is 82.6 Å². The van der Waals surface area contributed by atoms with Gasteiger partial charge in [0.2, 0.25) is 17.8 Å². The molecule has 5 saturated heterocycles. The number of nitrogens with zero attached hydrogens (tertiary/aromatic N) is 10. The third-order valence-corrected chi connectivity index (χ3v) is 29.0. The number of carbonyl (C=O) groups is 4. The molecule has 1 aromatic heterocycles. The number of aromatic hydroxyl groups is 1. The largest absolute Gasteiger partial charge is 0.507 e. The summed E-state index contributed by atoms with van der Waals surface area (Å²) in [6, 6.07) is 4.46. The summed E-state index contributed by atoms with van der Waals surface area (Å²) < 4.78 is 22.8. The van der Waals surface area contributed by atoms with Gasteiger partial charge in [-0.25, -0.2) is 0 Å². The molecule has 2 saturated carbocycles. The molecule has 718 valence electrons. The number of nitrogens with one attached hydrogen (secondary N) is 1. The van der Waals surface area contributed by atoms with Gasteiger partial charge in [-0.3, -0.25) is 43.6 Å². The van der Waals surface area contributed by atoms with E-state index < -0.39 is 29.3 Å². The Labute approximate surface area is 758 Å². The number of hydrogen-bond acceptors (Lipinski definition) is 24. The standard InChI is InChI=1S/C43H80N8O3.C42H72N2O5.C16H29NO5/c1-11-13-26-48(33-29-40(3,4)50(41(5,6)30-33)53-35-21-17-15-18-22-35)38-45-37(44-25-28-52)46-39(47-38)49(27-14-12-2)34-31-42(7,8)51(43(9,10)32-34)54-36-23-19-16-20-24-36;1-18-19-20-42(34(46)48-29-24-38(8,9)43(16)39(10,11)25-29,35(47)49-30-26-40(12,13)44(17)41(14,15)27-30)23-28-21-31(36(2,3)4)33(45)32(22-28)37(5,6)7;1-15(2)10-12(18)11-16(3,4)17(15)8-9-22-14(20)7-6-13(19)21-5/h33-36,52H,11-32H2,1-10H3,(H,44,45,46,47);21-22,29-30,45H,18-20,23-27H2,1-17H3;12,18H,6-11H2,1-5H3. The first kappa shape index (κ1) is 107. The molecule has 0 radical (unpaired) electrons. The number of likely N-dealkylation sites (tertiary alicyclic amines) is 3. The van der Waals surface area contributed by atoms with E-state index in [4.69, 9.17) is 38.8 Å². The average molecular weight is 1760 g/mol. The van der Waals surface area contributed by atoms with Crippen LogP contribution in [0.25, 0.3) is 0 Å². The highest BCUT2D eigenvalue weighted by Gasteiger charge is 2.56. The number of phenolic OH excluding ortho intramolecular Hbond substituents is 1. The molecule has 2 aromatic rings. The van der Waals surface area contributed by atoms with Crippen molar-refractivity contribution < 1.29 is 63.1 Å². The third-order valence-electron chi connectivity index (χ3n) is 29.0. The lowest BCUT2D eigenvalue weighted by Gasteiger charge is -2.57. The van der Waals surface area contributed by atoms with Crippen LogP contribution in [-0.4, -0.2) is 238 Å². The number of methoxy groups -OCH3 is 1. The van der Waals surface area contributed by atoms with Crippen molar-refractivity contribution in [3.63, 3.8) is 0 Å². The lowest BCUT2D eigenvalue weighted by atomic mass is 9.73. The van der Waals surface area contributed by atoms with Crippen molar-refractivity contribution in [3.05, 3.63) is 28.8 Å². The number of aromatic nitrogens is 3. The van der Waals surface area contributed by atoms with Crippen LogP contribution < -0.4 is 15.1 Å². The molecular weight excluding hydrogens is 1580 g/mol. The van der Waals surface area contributed by atoms with Gasteiger partial charge in [0.05, 0.1) is 44.9 Å². The van der Waals surface area contributed by atoms with Crippen LogP contribution in [-0.2, 0) is 65.1 Å². The number of hydroxylamine groups is 4. The van der Waals surface area contributed by atoms with E-state index in [1.165, 1.54) is 45.6 Å². The summed E-state index contributed by atoms with van der Waals surface area (Å²) >= 11 is 0. The lowest BCUT2D eigenvalue weighted by molar-refractivity contribution is -0.310. The molecule has 2 aliphatic carbocycles. The van der Waals surface area contributed by atoms with E-state index in [1.54, 1.807) is 0 Å². The number of rotatable bonds is 32. The number of phenols is 1. The fourth-order valence-electron chi connectivity index (χ4n) is 22.5. The smallest absolute Gasteiger partial charge is 0.324 e. The Bertz CT molecular complexity index is 3500. The van der Waals surface area contributed by atoms with E-state index in [9.17, 15) is 34.5 Å². The predicted octanol–water partition coefficient (Wildman–Crippen LogP) is 19.7. The monoisotopic (exact) mass is 1760 g/mol. The zero-order valence-corrected chi connectivity index (χ0v) is 85.0. The molecule has 7 aliphatic rings. The Morgan fingerprint density at radius 3 is 1.21 bits per heavy atom. The molecule has 7 fully saturated rings. The summed E-state index contributed by atoms with van der Waals surface area (Å²) in [5.74, 6) is 0.528. The van der Waals surface area contributed by atoms with Crippen LogP contribution in [0.2, 0.25) is 0 Å². The number of unbranched alkanes of at least 4 members (excludes halogenated alkanes) is 3. The number of aliphatic hydroxyl groups excluding tert-OH is 2. The maximum Gasteiger partial charge on any atom is 0.324 e. The molecule has 0 unspecified atom stereocenters. The van der Waals surface area contributed by atoms with Crippen molar-refractivity contribution in [2.45, 2.75) is 502 Å². The fraction of sp³-hybridized carbons (Fsp3) is 0.871. The van der Waals surface area contributed by atoms with Crippen LogP contribution in [0, 0.1) is 5.41 Å². The first-order chi connectivity index (χ1) is 57.7. The molecule has 0 spiro atoms. The number of benzene rings is 1. The van der Waals surface area contributed by atoms with Crippen LogP contribution in [0.15, 0.2) is 12.1 Å². The van der Waals surface area contributed by atoms with Crippen LogP contribution in [0.1, 0.15) is 404 Å². The minimum atomic E-state index is -1.54. The molecule has 24 nitrogen and oxygen atoms in total. The van der Waals surface area contributed by atoms with Crippen LogP contribution in [0.4, 0.5) is 17.8 Å². The fourth-order valence-corrected chi connectivity index (χ4v) is 22.5. The Balaban J connectivity index is 0.000000279. The molecule has 4 N–H and O–H groups in total. The van der Waals surface area contributed by atoms with Crippen molar-refractivity contribution in [1.29, 1.82) is 0 Å². The van der Waals surface area contributed by atoms with Gasteiger partial charge in [-0.2, -0.15) is 25.1 Å². The summed E-state index contributed by atoms with van der Waals surface area (Å²) in [7, 11) is 5.56. The van der Waals surface area contributed by atoms with Gasteiger partial charge in [0.1, 0.15) is 24.6 Å². The van der Waals surface area contributed by atoms with Gasteiger partial charge in [-0.1, -0.05) is 139 Å². The molecule has 6 heterocycles. The van der Waals surface area contributed by atoms with Crippen molar-refractivity contribution in [1.82, 2.24) is 39.8 Å². The van der Waals surface area contributed by atoms with E-state index in [-0.39, 0.29) is 135 Å². The van der Waals surface area contributed by atoms with Crippen LogP contribution in [0.5, 0.6) is 5.75 Å². The number of piperidine rings is 5. The minimum Gasteiger partial charge on any atom is -0.507 e. The van der Waals surface area contributed by atoms with E-state index >= 15 is 0 Å². The summed E-state index contributed by atoms with van der Waals surface area (Å²) in [5, 5.41) is 39.4. The third kappa shape index (κ3) is 28.3. The van der Waals surface area contributed by atoms with Crippen molar-refractivity contribution in [2.24, 2.45) is 5.41 Å². The summed E-state index contributed by atoms with van der Waals surface area (Å²) in [6.07, 6.45) is 26.2. The second-order valence-electron chi connectivity index (χ2n) is 47.0. The zero-order valence-electron chi connectivity index (χ0n) is 85.0. The summed E-state index contributed by atoms with van der Waals surface area (Å²) in [4.78, 5) is 94.0. The summed E-state index contributed by atoms with van der Waals surface area (Å²) in [5.41, 5.74) is -1.53. The molecule has 5 aliphatic heterocycles. The first-order valence-corrected chi connectivity index (χ1v) is 48.7. The number of ether oxygens (including phenoxy) is 4. The Kier molecular flexibility index (Phi) is 36.9. The molecule has 0 atom stereocenters. The lowest BCUT2D eigenvalue weighted by Crippen LogP contribution is -2.65. The highest BCUT2D eigenvalue weighted by molar-refractivity contribution is 6.00. The quantitative estimate of drug-likeness (QED) is 0.0301. The van der Waals surface area contributed by atoms with Gasteiger partial charge in [0, 0.05) is 119 Å². The number of aliphatic hydroxyl groups is 2. The minimum absolute atomic E-state index is 0.0130. The number of hydrogen-bond donors (Lipinski definition) is 4. The molecule has 0 amide bonds. The van der Waals surface area contributed by atoms with Crippen molar-refractivity contribution >= 4 is 41.7 Å². The second kappa shape index (κ2) is 43.1. The van der Waals surface area contributed by atoms with Crippen molar-refractivity contribution in [3.8, 4) is 5.75 Å². The molecule has 9 rings (SSSR count). The zero-order chi connectivity index (χ0) is 93.9. The molecular formula is C101H181N11O13. The average Bonchev–Trinajstić information content (AvgIpc) is 0.752.